The van der Waals surface area contributed by atoms with E-state index in [-0.39, 0.29) is 18.1 Å². The lowest BCUT2D eigenvalue weighted by molar-refractivity contribution is 0.114. The Hall–Kier alpha value is -2.77. The minimum Gasteiger partial charge on any atom is -0.497 e. The van der Waals surface area contributed by atoms with E-state index >= 15 is 0 Å². The number of halogens is 1. The molecule has 7 nitrogen and oxygen atoms in total. The van der Waals surface area contributed by atoms with Gasteiger partial charge >= 0.3 is 6.03 Å². The summed E-state index contributed by atoms with van der Waals surface area (Å²) in [4.78, 5) is 26.9. The molecule has 2 saturated heterocycles. The van der Waals surface area contributed by atoms with E-state index in [0.29, 0.717) is 35.2 Å². The van der Waals surface area contributed by atoms with Crippen molar-refractivity contribution in [2.75, 3.05) is 39.9 Å². The summed E-state index contributed by atoms with van der Waals surface area (Å²) >= 11 is 6.35. The number of amides is 2. The first-order chi connectivity index (χ1) is 20.6. The summed E-state index contributed by atoms with van der Waals surface area (Å²) in [6, 6.07) is 14.3. The van der Waals surface area contributed by atoms with Gasteiger partial charge in [-0.3, -0.25) is 9.89 Å². The molecule has 0 aromatic heterocycles. The third-order valence-electron chi connectivity index (χ3n) is 9.77. The van der Waals surface area contributed by atoms with Crippen LogP contribution in [-0.2, 0) is 0 Å². The molecule has 226 valence electrons. The van der Waals surface area contributed by atoms with Crippen LogP contribution in [0.25, 0.3) is 0 Å². The molecule has 3 heterocycles. The number of hydrogen-bond donors (Lipinski definition) is 0. The molecule has 2 aromatic rings. The van der Waals surface area contributed by atoms with Crippen LogP contribution in [-0.4, -0.2) is 78.5 Å². The first kappa shape index (κ1) is 29.3. The van der Waals surface area contributed by atoms with Crippen LogP contribution in [0.1, 0.15) is 81.9 Å². The lowest BCUT2D eigenvalue weighted by atomic mass is 9.80. The van der Waals surface area contributed by atoms with E-state index in [1.165, 1.54) is 45.2 Å². The highest BCUT2D eigenvalue weighted by Gasteiger charge is 2.47. The molecule has 1 saturated carbocycles. The largest absolute Gasteiger partial charge is 0.497 e. The van der Waals surface area contributed by atoms with E-state index in [1.807, 2.05) is 42.2 Å². The van der Waals surface area contributed by atoms with E-state index < -0.39 is 0 Å². The zero-order chi connectivity index (χ0) is 29.1. The Balaban J connectivity index is 1.39. The Labute approximate surface area is 255 Å². The standard InChI is InChI=1S/C34H45ClN4O3/c1-3-42-30-23-28(41-2)15-16-29(30)33-36-31(24-9-5-4-6-10-24)32(25-11-13-26(35)14-12-25)39(33)34(40)38-21-17-27(18-22-38)37-19-7-8-20-37/h11-16,23-24,27,31-32H,3-10,17-22H2,1-2H3. The molecule has 2 amide bonds. The summed E-state index contributed by atoms with van der Waals surface area (Å²) in [5.41, 5.74) is 1.93. The van der Waals surface area contributed by atoms with Crippen LogP contribution in [0, 0.1) is 5.92 Å². The topological polar surface area (TPSA) is 57.6 Å². The number of ether oxygens (including phenoxy) is 2. The van der Waals surface area contributed by atoms with Gasteiger partial charge in [0.05, 0.1) is 31.4 Å². The van der Waals surface area contributed by atoms with E-state index in [1.54, 1.807) is 7.11 Å². The van der Waals surface area contributed by atoms with Crippen LogP contribution < -0.4 is 9.47 Å². The van der Waals surface area contributed by atoms with Crippen molar-refractivity contribution in [2.45, 2.75) is 82.8 Å². The van der Waals surface area contributed by atoms with Crippen LogP contribution in [0.2, 0.25) is 5.02 Å². The monoisotopic (exact) mass is 592 g/mol. The Morgan fingerprint density at radius 2 is 1.64 bits per heavy atom. The van der Waals surface area contributed by atoms with E-state index in [2.05, 4.69) is 21.9 Å². The van der Waals surface area contributed by atoms with Gasteiger partial charge in [-0.25, -0.2) is 4.79 Å². The van der Waals surface area contributed by atoms with Crippen molar-refractivity contribution in [1.29, 1.82) is 0 Å². The predicted molar refractivity (Wildman–Crippen MR) is 168 cm³/mol. The van der Waals surface area contributed by atoms with Crippen molar-refractivity contribution < 1.29 is 14.3 Å². The minimum atomic E-state index is -0.194. The van der Waals surface area contributed by atoms with Gasteiger partial charge in [0.2, 0.25) is 0 Å². The summed E-state index contributed by atoms with van der Waals surface area (Å²) in [6.45, 7) is 6.42. The quantitative estimate of drug-likeness (QED) is 0.342. The smallest absolute Gasteiger partial charge is 0.326 e. The Kier molecular flexibility index (Phi) is 9.25. The molecule has 2 atom stereocenters. The molecule has 1 aliphatic carbocycles. The fraction of sp³-hybridized carbons (Fsp3) is 0.588. The number of piperidine rings is 1. The van der Waals surface area contributed by atoms with Crippen molar-refractivity contribution in [3.8, 4) is 11.5 Å². The van der Waals surface area contributed by atoms with Crippen molar-refractivity contribution in [2.24, 2.45) is 10.9 Å². The Morgan fingerprint density at radius 1 is 0.929 bits per heavy atom. The second-order valence-corrected chi connectivity index (χ2v) is 12.7. The van der Waals surface area contributed by atoms with Crippen LogP contribution in [0.3, 0.4) is 0 Å². The molecule has 6 rings (SSSR count). The van der Waals surface area contributed by atoms with Crippen molar-refractivity contribution >= 4 is 23.5 Å². The summed E-state index contributed by atoms with van der Waals surface area (Å²) in [5, 5.41) is 0.697. The normalized spacial score (nSPS) is 24.2. The number of benzene rings is 2. The molecule has 8 heteroatoms. The second-order valence-electron chi connectivity index (χ2n) is 12.2. The Bertz CT molecular complexity index is 1250. The van der Waals surface area contributed by atoms with Gasteiger partial charge in [0, 0.05) is 30.2 Å². The van der Waals surface area contributed by atoms with E-state index in [4.69, 9.17) is 26.1 Å². The number of carbonyl (C=O) groups is 1. The highest BCUT2D eigenvalue weighted by atomic mass is 35.5. The van der Waals surface area contributed by atoms with Gasteiger partial charge in [-0.15, -0.1) is 0 Å². The lowest BCUT2D eigenvalue weighted by Gasteiger charge is -2.40. The van der Waals surface area contributed by atoms with Gasteiger partial charge in [0.25, 0.3) is 0 Å². The maximum Gasteiger partial charge on any atom is 0.326 e. The highest BCUT2D eigenvalue weighted by Crippen LogP contribution is 2.44. The zero-order valence-electron chi connectivity index (χ0n) is 25.1. The number of aliphatic imine (C=N–C) groups is 1. The molecular formula is C34H45ClN4O3. The van der Waals surface area contributed by atoms with Crippen LogP contribution in [0.5, 0.6) is 11.5 Å². The molecule has 0 spiro atoms. The number of amidine groups is 1. The molecular weight excluding hydrogens is 548 g/mol. The summed E-state index contributed by atoms with van der Waals surface area (Å²) in [5.74, 6) is 2.55. The fourth-order valence-electron chi connectivity index (χ4n) is 7.58. The maximum absolute atomic E-state index is 14.7. The Morgan fingerprint density at radius 3 is 2.31 bits per heavy atom. The maximum atomic E-state index is 14.7. The molecule has 3 aliphatic heterocycles. The molecule has 2 aromatic carbocycles. The highest BCUT2D eigenvalue weighted by molar-refractivity contribution is 6.30. The minimum absolute atomic E-state index is 0.0239. The van der Waals surface area contributed by atoms with E-state index in [0.717, 1.165) is 55.6 Å². The van der Waals surface area contributed by atoms with Gasteiger partial charge in [-0.05, 0) is 94.3 Å². The molecule has 2 unspecified atom stereocenters. The van der Waals surface area contributed by atoms with Gasteiger partial charge in [-0.1, -0.05) is 43.0 Å². The summed E-state index contributed by atoms with van der Waals surface area (Å²) in [7, 11) is 1.66. The fourth-order valence-corrected chi connectivity index (χ4v) is 7.71. The average Bonchev–Trinajstić information content (AvgIpc) is 3.71. The van der Waals surface area contributed by atoms with Crippen molar-refractivity contribution in [1.82, 2.24) is 14.7 Å². The first-order valence-electron chi connectivity index (χ1n) is 16.0. The molecule has 0 bridgehead atoms. The average molecular weight is 593 g/mol. The molecule has 42 heavy (non-hydrogen) atoms. The third kappa shape index (κ3) is 6.00. The second kappa shape index (κ2) is 13.3. The number of carbonyl (C=O) groups excluding carboxylic acids is 1. The van der Waals surface area contributed by atoms with Crippen LogP contribution in [0.4, 0.5) is 4.79 Å². The van der Waals surface area contributed by atoms with Crippen LogP contribution >= 0.6 is 11.6 Å². The number of methoxy groups -OCH3 is 1. The molecule has 4 aliphatic rings. The SMILES string of the molecule is CCOc1cc(OC)ccc1C1=NC(C2CCCCC2)C(c2ccc(Cl)cc2)N1C(=O)N1CCC(N2CCCC2)CC1. The van der Waals surface area contributed by atoms with Gasteiger partial charge in [0.1, 0.15) is 17.3 Å². The van der Waals surface area contributed by atoms with Crippen molar-refractivity contribution in [3.05, 3.63) is 58.6 Å². The molecule has 3 fully saturated rings. The zero-order valence-corrected chi connectivity index (χ0v) is 25.9. The number of rotatable bonds is 7. The summed E-state index contributed by atoms with van der Waals surface area (Å²) in [6.07, 6.45) is 10.6. The number of likely N-dealkylation sites (tertiary alicyclic amines) is 2. The van der Waals surface area contributed by atoms with Gasteiger partial charge in [0.15, 0.2) is 0 Å². The predicted octanol–water partition coefficient (Wildman–Crippen LogP) is 7.18. The summed E-state index contributed by atoms with van der Waals surface area (Å²) < 4.78 is 11.7. The number of nitrogens with zero attached hydrogens (tertiary/aromatic N) is 4. The van der Waals surface area contributed by atoms with E-state index in [9.17, 15) is 4.79 Å². The number of hydrogen-bond acceptors (Lipinski definition) is 5. The van der Waals surface area contributed by atoms with Gasteiger partial charge in [-0.2, -0.15) is 0 Å². The molecule has 0 N–H and O–H groups in total. The lowest BCUT2D eigenvalue weighted by Crippen LogP contribution is -2.52. The van der Waals surface area contributed by atoms with Crippen LogP contribution in [0.15, 0.2) is 47.5 Å². The van der Waals surface area contributed by atoms with Gasteiger partial charge < -0.3 is 19.3 Å². The number of urea groups is 1. The van der Waals surface area contributed by atoms with Crippen molar-refractivity contribution in [3.63, 3.8) is 0 Å². The first-order valence-corrected chi connectivity index (χ1v) is 16.4. The third-order valence-corrected chi connectivity index (χ3v) is 10.0. The molecule has 0 radical (unpaired) electrons.